The molecule has 96 valence electrons. The largest absolute Gasteiger partial charge is 0.389 e. The summed E-state index contributed by atoms with van der Waals surface area (Å²) in [5, 5.41) is 3.31. The Labute approximate surface area is 111 Å². The molecule has 6 heteroatoms. The van der Waals surface area contributed by atoms with E-state index in [2.05, 4.69) is 21.2 Å². The van der Waals surface area contributed by atoms with E-state index < -0.39 is 18.6 Å². The summed E-state index contributed by atoms with van der Waals surface area (Å²) in [7, 11) is 1.62. The average Bonchev–Trinajstić information content (AvgIpc) is 2.23. The molecule has 1 rings (SSSR count). The Balaban J connectivity index is 2.83. The predicted molar refractivity (Wildman–Crippen MR) is 66.2 cm³/mol. The van der Waals surface area contributed by atoms with Crippen LogP contribution in [0.4, 0.5) is 13.2 Å². The molecule has 17 heavy (non-hydrogen) atoms. The van der Waals surface area contributed by atoms with Crippen molar-refractivity contribution in [1.82, 2.24) is 5.32 Å². The molecule has 1 N–H and O–H groups in total. The van der Waals surface area contributed by atoms with Gasteiger partial charge in [-0.1, -0.05) is 23.7 Å². The highest BCUT2D eigenvalue weighted by Gasteiger charge is 2.28. The monoisotopic (exact) mass is 329 g/mol. The van der Waals surface area contributed by atoms with E-state index in [1.165, 1.54) is 0 Å². The van der Waals surface area contributed by atoms with Crippen LogP contribution in [0.5, 0.6) is 0 Å². The maximum atomic E-state index is 12.2. The SMILES string of the molecule is CNC(CCC(F)(F)F)c1cccc(Br)c1Cl. The Kier molecular flexibility index (Phi) is 5.28. The molecule has 0 saturated heterocycles. The second-order valence-electron chi connectivity index (χ2n) is 3.64. The van der Waals surface area contributed by atoms with Crippen molar-refractivity contribution in [1.29, 1.82) is 0 Å². The molecule has 1 atom stereocenters. The molecule has 0 spiro atoms. The summed E-state index contributed by atoms with van der Waals surface area (Å²) >= 11 is 9.30. The molecule has 0 heterocycles. The third-order valence-corrected chi connectivity index (χ3v) is 3.73. The summed E-state index contributed by atoms with van der Waals surface area (Å²) in [6.45, 7) is 0. The maximum Gasteiger partial charge on any atom is 0.389 e. The zero-order valence-corrected chi connectivity index (χ0v) is 11.5. The van der Waals surface area contributed by atoms with E-state index in [4.69, 9.17) is 11.6 Å². The lowest BCUT2D eigenvalue weighted by Gasteiger charge is -2.19. The summed E-state index contributed by atoms with van der Waals surface area (Å²) in [6, 6.07) is 4.83. The van der Waals surface area contributed by atoms with Crippen molar-refractivity contribution in [3.05, 3.63) is 33.3 Å². The summed E-state index contributed by atoms with van der Waals surface area (Å²) < 4.78 is 37.2. The molecular weight excluding hydrogens is 318 g/mol. The van der Waals surface area contributed by atoms with Crippen molar-refractivity contribution >= 4 is 27.5 Å². The van der Waals surface area contributed by atoms with Crippen LogP contribution in [0.3, 0.4) is 0 Å². The van der Waals surface area contributed by atoms with E-state index in [0.29, 0.717) is 15.1 Å². The summed E-state index contributed by atoms with van der Waals surface area (Å²) in [5.41, 5.74) is 0.674. The zero-order valence-electron chi connectivity index (χ0n) is 9.11. The topological polar surface area (TPSA) is 12.0 Å². The third kappa shape index (κ3) is 4.48. The van der Waals surface area contributed by atoms with Gasteiger partial charge in [-0.15, -0.1) is 0 Å². The van der Waals surface area contributed by atoms with Crippen LogP contribution in [0.15, 0.2) is 22.7 Å². The van der Waals surface area contributed by atoms with Crippen LogP contribution in [-0.4, -0.2) is 13.2 Å². The Hall–Kier alpha value is -0.260. The standard InChI is InChI=1S/C11H12BrClF3N/c1-17-9(5-6-11(14,15)16)7-3-2-4-8(12)10(7)13/h2-4,9,17H,5-6H2,1H3. The smallest absolute Gasteiger partial charge is 0.313 e. The van der Waals surface area contributed by atoms with E-state index in [-0.39, 0.29) is 6.42 Å². The van der Waals surface area contributed by atoms with Crippen molar-refractivity contribution in [3.8, 4) is 0 Å². The number of halogens is 5. The lowest BCUT2D eigenvalue weighted by molar-refractivity contribution is -0.136. The van der Waals surface area contributed by atoms with Crippen molar-refractivity contribution in [2.75, 3.05) is 7.05 Å². The molecule has 0 aliphatic heterocycles. The maximum absolute atomic E-state index is 12.2. The zero-order chi connectivity index (χ0) is 13.1. The van der Waals surface area contributed by atoms with Gasteiger partial charge >= 0.3 is 6.18 Å². The molecule has 0 fully saturated rings. The van der Waals surface area contributed by atoms with Crippen molar-refractivity contribution in [2.24, 2.45) is 0 Å². The first kappa shape index (κ1) is 14.8. The van der Waals surface area contributed by atoms with Crippen LogP contribution >= 0.6 is 27.5 Å². The van der Waals surface area contributed by atoms with E-state index >= 15 is 0 Å². The Morgan fingerprint density at radius 3 is 2.59 bits per heavy atom. The normalized spacial score (nSPS) is 13.8. The molecule has 1 aromatic carbocycles. The van der Waals surface area contributed by atoms with Gasteiger partial charge in [0, 0.05) is 16.9 Å². The molecular formula is C11H12BrClF3N. The second-order valence-corrected chi connectivity index (χ2v) is 4.87. The highest BCUT2D eigenvalue weighted by molar-refractivity contribution is 9.10. The fraction of sp³-hybridized carbons (Fsp3) is 0.455. The number of hydrogen-bond acceptors (Lipinski definition) is 1. The second kappa shape index (κ2) is 6.07. The van der Waals surface area contributed by atoms with Gasteiger partial charge in [0.2, 0.25) is 0 Å². The third-order valence-electron chi connectivity index (χ3n) is 2.42. The van der Waals surface area contributed by atoms with Crippen LogP contribution in [0, 0.1) is 0 Å². The lowest BCUT2D eigenvalue weighted by Crippen LogP contribution is -2.20. The molecule has 0 aliphatic carbocycles. The number of benzene rings is 1. The molecule has 0 saturated carbocycles. The quantitative estimate of drug-likeness (QED) is 0.843. The van der Waals surface area contributed by atoms with Gasteiger partial charge in [-0.3, -0.25) is 0 Å². The Morgan fingerprint density at radius 2 is 2.06 bits per heavy atom. The fourth-order valence-electron chi connectivity index (χ4n) is 1.55. The number of nitrogens with one attached hydrogen (secondary N) is 1. The van der Waals surface area contributed by atoms with Crippen LogP contribution < -0.4 is 5.32 Å². The van der Waals surface area contributed by atoms with Gasteiger partial charge in [0.25, 0.3) is 0 Å². The average molecular weight is 331 g/mol. The molecule has 0 aromatic heterocycles. The predicted octanol–water partition coefficient (Wildman–Crippen LogP) is 4.71. The summed E-state index contributed by atoms with van der Waals surface area (Å²) in [4.78, 5) is 0. The van der Waals surface area contributed by atoms with Crippen LogP contribution in [0.2, 0.25) is 5.02 Å². The van der Waals surface area contributed by atoms with E-state index in [9.17, 15) is 13.2 Å². The van der Waals surface area contributed by atoms with Gasteiger partial charge in [-0.2, -0.15) is 13.2 Å². The van der Waals surface area contributed by atoms with Crippen molar-refractivity contribution < 1.29 is 13.2 Å². The molecule has 0 aliphatic rings. The van der Waals surface area contributed by atoms with Gasteiger partial charge in [-0.05, 0) is 41.0 Å². The van der Waals surface area contributed by atoms with E-state index in [1.807, 2.05) is 0 Å². The van der Waals surface area contributed by atoms with Crippen LogP contribution in [0.1, 0.15) is 24.4 Å². The Morgan fingerprint density at radius 1 is 1.41 bits per heavy atom. The first-order valence-corrected chi connectivity index (χ1v) is 6.20. The lowest BCUT2D eigenvalue weighted by atomic mass is 10.0. The first-order chi connectivity index (χ1) is 7.85. The molecule has 0 bridgehead atoms. The van der Waals surface area contributed by atoms with Crippen molar-refractivity contribution in [3.63, 3.8) is 0 Å². The fourth-order valence-corrected chi connectivity index (χ4v) is 2.19. The summed E-state index contributed by atoms with van der Waals surface area (Å²) in [6.07, 6.45) is -5.01. The highest BCUT2D eigenvalue weighted by atomic mass is 79.9. The van der Waals surface area contributed by atoms with Gasteiger partial charge in [0.15, 0.2) is 0 Å². The van der Waals surface area contributed by atoms with Gasteiger partial charge in [0.1, 0.15) is 0 Å². The van der Waals surface area contributed by atoms with Crippen LogP contribution in [0.25, 0.3) is 0 Å². The van der Waals surface area contributed by atoms with Gasteiger partial charge < -0.3 is 5.32 Å². The minimum Gasteiger partial charge on any atom is -0.313 e. The van der Waals surface area contributed by atoms with Crippen molar-refractivity contribution in [2.45, 2.75) is 25.1 Å². The minimum atomic E-state index is -4.15. The molecule has 1 aromatic rings. The molecule has 0 radical (unpaired) electrons. The number of rotatable bonds is 4. The number of alkyl halides is 3. The minimum absolute atomic E-state index is 0.0316. The summed E-state index contributed by atoms with van der Waals surface area (Å²) in [5.74, 6) is 0. The van der Waals surface area contributed by atoms with E-state index in [0.717, 1.165) is 0 Å². The molecule has 0 amide bonds. The van der Waals surface area contributed by atoms with E-state index in [1.54, 1.807) is 25.2 Å². The first-order valence-electron chi connectivity index (χ1n) is 5.03. The highest BCUT2D eigenvalue weighted by Crippen LogP contribution is 2.34. The molecule has 1 nitrogen and oxygen atoms in total. The van der Waals surface area contributed by atoms with Gasteiger partial charge in [0.05, 0.1) is 5.02 Å². The molecule has 1 unspecified atom stereocenters. The van der Waals surface area contributed by atoms with Gasteiger partial charge in [-0.25, -0.2) is 0 Å². The van der Waals surface area contributed by atoms with Crippen LogP contribution in [-0.2, 0) is 0 Å². The Bertz CT molecular complexity index is 381. The number of hydrogen-bond donors (Lipinski definition) is 1.